The molecule has 1 aliphatic rings. The molecule has 2 unspecified atom stereocenters. The number of rotatable bonds is 0. The quantitative estimate of drug-likeness (QED) is 0.479. The number of aliphatic hydroxyl groups is 2. The first-order valence-electron chi connectivity index (χ1n) is 3.47. The highest BCUT2D eigenvalue weighted by molar-refractivity contribution is 14.1. The number of hydrogen-bond acceptors (Lipinski definition) is 3. The molecule has 60 valence electrons. The zero-order valence-corrected chi connectivity index (χ0v) is 7.86. The van der Waals surface area contributed by atoms with E-state index < -0.39 is 12.2 Å². The van der Waals surface area contributed by atoms with Gasteiger partial charge in [-0.2, -0.15) is 0 Å². The SMILES string of the molecule is OC1CCN(I)CCC1O. The van der Waals surface area contributed by atoms with Crippen LogP contribution in [0.25, 0.3) is 0 Å². The van der Waals surface area contributed by atoms with Gasteiger partial charge in [0.15, 0.2) is 0 Å². The molecule has 1 heterocycles. The fourth-order valence-electron chi connectivity index (χ4n) is 1.04. The lowest BCUT2D eigenvalue weighted by Gasteiger charge is -2.11. The van der Waals surface area contributed by atoms with Gasteiger partial charge in [-0.15, -0.1) is 0 Å². The molecule has 0 spiro atoms. The van der Waals surface area contributed by atoms with Crippen molar-refractivity contribution in [1.29, 1.82) is 0 Å². The van der Waals surface area contributed by atoms with Crippen LogP contribution < -0.4 is 0 Å². The summed E-state index contributed by atoms with van der Waals surface area (Å²) in [5.41, 5.74) is 0. The molecule has 0 aromatic carbocycles. The van der Waals surface area contributed by atoms with Crippen molar-refractivity contribution in [1.82, 2.24) is 3.11 Å². The van der Waals surface area contributed by atoms with Gasteiger partial charge in [0.25, 0.3) is 0 Å². The Bertz CT molecular complexity index is 99.9. The molecule has 2 atom stereocenters. The van der Waals surface area contributed by atoms with E-state index in [2.05, 4.69) is 26.0 Å². The van der Waals surface area contributed by atoms with E-state index in [0.29, 0.717) is 12.8 Å². The minimum absolute atomic E-state index is 0.514. The van der Waals surface area contributed by atoms with Crippen LogP contribution in [0.15, 0.2) is 0 Å². The van der Waals surface area contributed by atoms with Gasteiger partial charge in [0.2, 0.25) is 0 Å². The first-order valence-corrected chi connectivity index (χ1v) is 4.43. The summed E-state index contributed by atoms with van der Waals surface area (Å²) in [6, 6.07) is 0. The molecule has 0 aromatic heterocycles. The fourth-order valence-corrected chi connectivity index (χ4v) is 1.60. The Kier molecular flexibility index (Phi) is 3.35. The van der Waals surface area contributed by atoms with E-state index in [0.717, 1.165) is 13.1 Å². The molecule has 0 aliphatic carbocycles. The maximum Gasteiger partial charge on any atom is 0.0812 e. The highest BCUT2D eigenvalue weighted by atomic mass is 127. The zero-order chi connectivity index (χ0) is 7.56. The highest BCUT2D eigenvalue weighted by Gasteiger charge is 2.21. The Labute approximate surface area is 74.5 Å². The monoisotopic (exact) mass is 257 g/mol. The van der Waals surface area contributed by atoms with Crippen molar-refractivity contribution in [2.75, 3.05) is 13.1 Å². The lowest BCUT2D eigenvalue weighted by molar-refractivity contribution is 0.0187. The van der Waals surface area contributed by atoms with Crippen LogP contribution in [-0.4, -0.2) is 38.6 Å². The summed E-state index contributed by atoms with van der Waals surface area (Å²) in [6.07, 6.45) is 0.341. The second kappa shape index (κ2) is 3.85. The summed E-state index contributed by atoms with van der Waals surface area (Å²) in [5.74, 6) is 0. The van der Waals surface area contributed by atoms with E-state index >= 15 is 0 Å². The van der Waals surface area contributed by atoms with Crippen LogP contribution in [0.1, 0.15) is 12.8 Å². The molecule has 4 heteroatoms. The first kappa shape index (κ1) is 8.70. The second-order valence-corrected chi connectivity index (χ2v) is 3.99. The largest absolute Gasteiger partial charge is 0.390 e. The number of nitrogens with zero attached hydrogens (tertiary/aromatic N) is 1. The molecule has 0 aromatic rings. The molecule has 0 radical (unpaired) electrons. The van der Waals surface area contributed by atoms with Gasteiger partial charge < -0.3 is 10.2 Å². The summed E-state index contributed by atoms with van der Waals surface area (Å²) in [7, 11) is 0. The summed E-state index contributed by atoms with van der Waals surface area (Å²) in [5, 5.41) is 18.4. The fraction of sp³-hybridized carbons (Fsp3) is 1.00. The Morgan fingerprint density at radius 1 is 1.10 bits per heavy atom. The predicted molar refractivity (Wildman–Crippen MR) is 46.8 cm³/mol. The molecular weight excluding hydrogens is 245 g/mol. The van der Waals surface area contributed by atoms with E-state index in [4.69, 9.17) is 0 Å². The maximum absolute atomic E-state index is 9.20. The topological polar surface area (TPSA) is 43.7 Å². The third-order valence-electron chi connectivity index (χ3n) is 1.78. The molecule has 10 heavy (non-hydrogen) atoms. The zero-order valence-electron chi connectivity index (χ0n) is 5.70. The summed E-state index contributed by atoms with van der Waals surface area (Å²) in [4.78, 5) is 0. The van der Waals surface area contributed by atoms with Gasteiger partial charge in [0.1, 0.15) is 0 Å². The average Bonchev–Trinajstić information content (AvgIpc) is 2.04. The number of aliphatic hydroxyl groups excluding tert-OH is 2. The van der Waals surface area contributed by atoms with Crippen LogP contribution >= 0.6 is 22.9 Å². The molecule has 1 fully saturated rings. The van der Waals surface area contributed by atoms with Gasteiger partial charge in [-0.25, -0.2) is 3.11 Å². The van der Waals surface area contributed by atoms with Crippen LogP contribution in [0, 0.1) is 0 Å². The Hall–Kier alpha value is 0.610. The van der Waals surface area contributed by atoms with E-state index in [9.17, 15) is 10.2 Å². The van der Waals surface area contributed by atoms with Crippen molar-refractivity contribution < 1.29 is 10.2 Å². The molecule has 3 nitrogen and oxygen atoms in total. The summed E-state index contributed by atoms with van der Waals surface area (Å²) >= 11 is 2.21. The first-order chi connectivity index (χ1) is 4.70. The van der Waals surface area contributed by atoms with E-state index in [1.807, 2.05) is 0 Å². The third-order valence-corrected chi connectivity index (χ3v) is 2.74. The third kappa shape index (κ3) is 2.34. The molecule has 1 aliphatic heterocycles. The van der Waals surface area contributed by atoms with Crippen molar-refractivity contribution >= 4 is 22.9 Å². The highest BCUT2D eigenvalue weighted by Crippen LogP contribution is 2.13. The van der Waals surface area contributed by atoms with Gasteiger partial charge in [-0.1, -0.05) is 0 Å². The molecule has 2 N–H and O–H groups in total. The molecule has 1 saturated heterocycles. The van der Waals surface area contributed by atoms with Gasteiger partial charge >= 0.3 is 0 Å². The lowest BCUT2D eigenvalue weighted by atomic mass is 10.1. The maximum atomic E-state index is 9.20. The van der Waals surface area contributed by atoms with Gasteiger partial charge in [-0.3, -0.25) is 0 Å². The van der Waals surface area contributed by atoms with Gasteiger partial charge in [0.05, 0.1) is 12.2 Å². The lowest BCUT2D eigenvalue weighted by Crippen LogP contribution is -2.24. The Balaban J connectivity index is 2.38. The normalized spacial score (nSPS) is 37.5. The molecule has 1 rings (SSSR count). The van der Waals surface area contributed by atoms with Crippen molar-refractivity contribution in [3.05, 3.63) is 0 Å². The minimum Gasteiger partial charge on any atom is -0.390 e. The smallest absolute Gasteiger partial charge is 0.0812 e. The Morgan fingerprint density at radius 2 is 1.50 bits per heavy atom. The van der Waals surface area contributed by atoms with Gasteiger partial charge in [-0.05, 0) is 12.8 Å². The predicted octanol–water partition coefficient (Wildman–Crippen LogP) is 0.154. The molecular formula is C6H12INO2. The molecule has 0 saturated carbocycles. The van der Waals surface area contributed by atoms with Gasteiger partial charge in [0, 0.05) is 36.0 Å². The van der Waals surface area contributed by atoms with Crippen LogP contribution in [-0.2, 0) is 0 Å². The Morgan fingerprint density at radius 3 is 1.90 bits per heavy atom. The summed E-state index contributed by atoms with van der Waals surface area (Å²) in [6.45, 7) is 1.75. The van der Waals surface area contributed by atoms with Crippen LogP contribution in [0.3, 0.4) is 0 Å². The average molecular weight is 257 g/mol. The van der Waals surface area contributed by atoms with E-state index in [-0.39, 0.29) is 0 Å². The standard InChI is InChI=1S/C6H12INO2/c7-8-3-1-5(9)6(10)2-4-8/h5-6,9-10H,1-4H2. The van der Waals surface area contributed by atoms with Crippen molar-refractivity contribution in [3.8, 4) is 0 Å². The van der Waals surface area contributed by atoms with Crippen LogP contribution in [0.2, 0.25) is 0 Å². The summed E-state index contributed by atoms with van der Waals surface area (Å²) < 4.78 is 2.09. The molecule has 0 bridgehead atoms. The number of hydrogen-bond donors (Lipinski definition) is 2. The van der Waals surface area contributed by atoms with E-state index in [1.165, 1.54) is 0 Å². The van der Waals surface area contributed by atoms with E-state index in [1.54, 1.807) is 0 Å². The van der Waals surface area contributed by atoms with Crippen LogP contribution in [0.5, 0.6) is 0 Å². The van der Waals surface area contributed by atoms with Crippen LogP contribution in [0.4, 0.5) is 0 Å². The van der Waals surface area contributed by atoms with Crippen molar-refractivity contribution in [2.45, 2.75) is 25.0 Å². The van der Waals surface area contributed by atoms with Crippen molar-refractivity contribution in [2.24, 2.45) is 0 Å². The second-order valence-electron chi connectivity index (χ2n) is 2.62. The minimum atomic E-state index is -0.514. The molecule has 0 amide bonds. The number of halogens is 1. The van der Waals surface area contributed by atoms with Crippen molar-refractivity contribution in [3.63, 3.8) is 0 Å².